The van der Waals surface area contributed by atoms with Crippen molar-refractivity contribution in [3.8, 4) is 0 Å². The van der Waals surface area contributed by atoms with Crippen molar-refractivity contribution in [3.05, 3.63) is 94.6 Å². The first-order valence-corrected chi connectivity index (χ1v) is 22.6. The summed E-state index contributed by atoms with van der Waals surface area (Å²) in [5, 5.41) is 20.6. The molecule has 20 heteroatoms. The number of rotatable bonds is 20. The van der Waals surface area contributed by atoms with Gasteiger partial charge in [-0.2, -0.15) is 4.98 Å². The van der Waals surface area contributed by atoms with Crippen LogP contribution in [0.4, 0.5) is 39.3 Å². The summed E-state index contributed by atoms with van der Waals surface area (Å²) in [6.45, 7) is 5.46. The number of nitrogens with zero attached hydrogens (tertiary/aromatic N) is 5. The van der Waals surface area contributed by atoms with Crippen molar-refractivity contribution >= 4 is 81.7 Å². The van der Waals surface area contributed by atoms with E-state index >= 15 is 0 Å². The molecule has 0 aliphatic carbocycles. The number of unbranched alkanes of at least 4 members (excludes halogenated alkanes) is 2. The molecule has 19 nitrogen and oxygen atoms in total. The maximum Gasteiger partial charge on any atom is 0.317 e. The van der Waals surface area contributed by atoms with Crippen molar-refractivity contribution in [2.75, 3.05) is 86.9 Å². The second-order valence-electron chi connectivity index (χ2n) is 16.0. The number of fused-ring (bicyclic) bond motifs is 1. The lowest BCUT2D eigenvalue weighted by Crippen LogP contribution is -2.52. The van der Waals surface area contributed by atoms with Crippen molar-refractivity contribution in [3.63, 3.8) is 0 Å². The van der Waals surface area contributed by atoms with Crippen LogP contribution in [0.5, 0.6) is 0 Å². The minimum atomic E-state index is -0.686. The Hall–Kier alpha value is -6.83. The molecule has 3 aliphatic heterocycles. The van der Waals surface area contributed by atoms with Gasteiger partial charge in [-0.3, -0.25) is 29.3 Å². The number of urea groups is 1. The predicted molar refractivity (Wildman–Crippen MR) is 250 cm³/mol. The van der Waals surface area contributed by atoms with Gasteiger partial charge in [-0.25, -0.2) is 9.78 Å². The third kappa shape index (κ3) is 12.5. The van der Waals surface area contributed by atoms with Gasteiger partial charge in [0.25, 0.3) is 11.8 Å². The molecule has 1 unspecified atom stereocenters. The molecule has 4 heterocycles. The first kappa shape index (κ1) is 47.1. The molecule has 2 saturated heterocycles. The number of imide groups is 1. The number of benzene rings is 3. The average Bonchev–Trinajstić information content (AvgIpc) is 3.64. The number of piperazine rings is 1. The number of aromatic nitrogens is 2. The van der Waals surface area contributed by atoms with Crippen LogP contribution in [-0.4, -0.2) is 127 Å². The molecule has 66 heavy (non-hydrogen) atoms. The zero-order valence-corrected chi connectivity index (χ0v) is 37.5. The molecular formula is C46H55ClN12O7. The van der Waals surface area contributed by atoms with Crippen molar-refractivity contribution in [2.45, 2.75) is 51.1 Å². The number of carbonyl (C=O) groups excluding carboxylic acids is 6. The van der Waals surface area contributed by atoms with E-state index in [1.54, 1.807) is 43.4 Å². The third-order valence-electron chi connectivity index (χ3n) is 11.4. The van der Waals surface area contributed by atoms with Crippen molar-refractivity contribution < 1.29 is 33.5 Å². The molecule has 0 spiro atoms. The number of ether oxygens (including phenoxy) is 1. The van der Waals surface area contributed by atoms with Gasteiger partial charge >= 0.3 is 6.03 Å². The Morgan fingerprint density at radius 1 is 0.879 bits per heavy atom. The largest absolute Gasteiger partial charge is 0.381 e. The third-order valence-corrected chi connectivity index (χ3v) is 11.7. The van der Waals surface area contributed by atoms with Crippen LogP contribution in [0.2, 0.25) is 5.02 Å². The predicted octanol–water partition coefficient (Wildman–Crippen LogP) is 4.37. The molecule has 1 atom stereocenters. The highest BCUT2D eigenvalue weighted by Crippen LogP contribution is 2.30. The van der Waals surface area contributed by atoms with Crippen LogP contribution in [0.3, 0.4) is 0 Å². The van der Waals surface area contributed by atoms with Crippen molar-refractivity contribution in [2.24, 2.45) is 0 Å². The Morgan fingerprint density at radius 3 is 2.38 bits per heavy atom. The number of anilines is 6. The smallest absolute Gasteiger partial charge is 0.317 e. The van der Waals surface area contributed by atoms with Gasteiger partial charge in [0.2, 0.25) is 23.7 Å². The standard InChI is InChI=1S/C46H55ClN12O7/c1-48-42(62)35-8-2-3-9-37(35)54-41-36(47)27-51-45(56-41)53-31-10-13-33(14-11-31)57-20-22-58(23-21-57)46(65)50-19-5-7-25-66-24-6-4-18-49-28-40(61)52-32-12-15-34-30(26-32)29-59(44(34)64)38-16-17-39(60)55-43(38)63/h2-3,8-15,26-27,38,49H,4-7,16-25,28-29H2,1H3,(H,48,62)(H,50,65)(H,52,61)(H,55,60,63)(H2,51,53,54,56). The number of nitrogens with one attached hydrogen (secondary N) is 7. The van der Waals surface area contributed by atoms with Gasteiger partial charge in [0.15, 0.2) is 5.82 Å². The molecule has 0 bridgehead atoms. The zero-order chi connectivity index (χ0) is 46.4. The van der Waals surface area contributed by atoms with Crippen LogP contribution in [0, 0.1) is 0 Å². The minimum Gasteiger partial charge on any atom is -0.381 e. The number of para-hydroxylation sites is 1. The molecule has 7 rings (SSSR count). The van der Waals surface area contributed by atoms with Gasteiger partial charge in [-0.1, -0.05) is 23.7 Å². The minimum absolute atomic E-state index is 0.0626. The normalized spacial score (nSPS) is 15.8. The molecule has 0 saturated carbocycles. The monoisotopic (exact) mass is 922 g/mol. The van der Waals surface area contributed by atoms with Gasteiger partial charge in [-0.15, -0.1) is 0 Å². The highest BCUT2D eigenvalue weighted by molar-refractivity contribution is 6.33. The number of amides is 7. The molecule has 7 N–H and O–H groups in total. The average molecular weight is 923 g/mol. The lowest BCUT2D eigenvalue weighted by Gasteiger charge is -2.36. The van der Waals surface area contributed by atoms with E-state index in [-0.39, 0.29) is 49.2 Å². The fourth-order valence-electron chi connectivity index (χ4n) is 7.87. The van der Waals surface area contributed by atoms with Crippen LogP contribution in [0.15, 0.2) is 72.9 Å². The Balaban J connectivity index is 0.703. The summed E-state index contributed by atoms with van der Waals surface area (Å²) < 4.78 is 5.77. The molecule has 2 fully saturated rings. The van der Waals surface area contributed by atoms with E-state index < -0.39 is 11.9 Å². The van der Waals surface area contributed by atoms with Crippen LogP contribution in [0.25, 0.3) is 0 Å². The topological polar surface area (TPSA) is 231 Å². The summed E-state index contributed by atoms with van der Waals surface area (Å²) in [7, 11) is 1.57. The second kappa shape index (κ2) is 22.9. The fourth-order valence-corrected chi connectivity index (χ4v) is 8.01. The molecule has 4 aromatic rings. The second-order valence-corrected chi connectivity index (χ2v) is 16.4. The summed E-state index contributed by atoms with van der Waals surface area (Å²) >= 11 is 6.39. The van der Waals surface area contributed by atoms with Gasteiger partial charge in [0.05, 0.1) is 24.0 Å². The lowest BCUT2D eigenvalue weighted by molar-refractivity contribution is -0.137. The Morgan fingerprint density at radius 2 is 1.62 bits per heavy atom. The highest BCUT2D eigenvalue weighted by Gasteiger charge is 2.39. The van der Waals surface area contributed by atoms with E-state index in [1.165, 1.54) is 11.1 Å². The van der Waals surface area contributed by atoms with Crippen molar-refractivity contribution in [1.29, 1.82) is 0 Å². The van der Waals surface area contributed by atoms with Crippen LogP contribution in [-0.2, 0) is 25.7 Å². The quantitative estimate of drug-likeness (QED) is 0.0483. The maximum absolute atomic E-state index is 12.9. The molecule has 3 aliphatic rings. The first-order valence-electron chi connectivity index (χ1n) is 22.2. The highest BCUT2D eigenvalue weighted by atomic mass is 35.5. The van der Waals surface area contributed by atoms with Gasteiger partial charge in [0.1, 0.15) is 11.1 Å². The van der Waals surface area contributed by atoms with E-state index in [2.05, 4.69) is 52.1 Å². The Bertz CT molecular complexity index is 2400. The van der Waals surface area contributed by atoms with Gasteiger partial charge in [-0.05, 0) is 98.8 Å². The lowest BCUT2D eigenvalue weighted by atomic mass is 10.0. The van der Waals surface area contributed by atoms with Crippen LogP contribution >= 0.6 is 11.6 Å². The Labute approximate surface area is 387 Å². The summed E-state index contributed by atoms with van der Waals surface area (Å²) in [5.41, 5.74) is 4.63. The molecule has 0 radical (unpaired) electrons. The fraction of sp³-hybridized carbons (Fsp3) is 0.391. The number of hydrogen-bond donors (Lipinski definition) is 7. The summed E-state index contributed by atoms with van der Waals surface area (Å²) in [6, 6.07) is 19.3. The van der Waals surface area contributed by atoms with E-state index in [4.69, 9.17) is 16.3 Å². The first-order chi connectivity index (χ1) is 32.1. The molecule has 7 amide bonds. The van der Waals surface area contributed by atoms with Crippen LogP contribution < -0.4 is 42.1 Å². The molecule has 3 aromatic carbocycles. The number of hydrogen-bond acceptors (Lipinski definition) is 13. The van der Waals surface area contributed by atoms with Crippen LogP contribution in [0.1, 0.15) is 64.8 Å². The SMILES string of the molecule is CNC(=O)c1ccccc1Nc1nc(Nc2ccc(N3CCN(C(=O)NCCCCOCCCCNCC(=O)Nc4ccc5c(c4)CN(C4CCC(=O)NC4=O)C5=O)CC3)cc2)ncc1Cl. The Kier molecular flexibility index (Phi) is 16.3. The van der Waals surface area contributed by atoms with E-state index in [1.807, 2.05) is 35.2 Å². The number of halogens is 1. The van der Waals surface area contributed by atoms with E-state index in [9.17, 15) is 28.8 Å². The van der Waals surface area contributed by atoms with Gasteiger partial charge < -0.3 is 51.3 Å². The van der Waals surface area contributed by atoms with Gasteiger partial charge in [0, 0.05) is 88.6 Å². The zero-order valence-electron chi connectivity index (χ0n) is 36.8. The summed E-state index contributed by atoms with van der Waals surface area (Å²) in [4.78, 5) is 88.8. The molecule has 1 aromatic heterocycles. The summed E-state index contributed by atoms with van der Waals surface area (Å²) in [6.07, 6.45) is 5.31. The maximum atomic E-state index is 12.9. The number of carbonyl (C=O) groups is 6. The van der Waals surface area contributed by atoms with E-state index in [0.29, 0.717) is 98.2 Å². The number of piperidine rings is 1. The van der Waals surface area contributed by atoms with E-state index in [0.717, 1.165) is 42.6 Å². The molecular weight excluding hydrogens is 868 g/mol. The van der Waals surface area contributed by atoms with Crippen molar-refractivity contribution in [1.82, 2.24) is 41.0 Å². The molecule has 348 valence electrons. The summed E-state index contributed by atoms with van der Waals surface area (Å²) in [5.74, 6) is -0.794.